The van der Waals surface area contributed by atoms with Gasteiger partial charge < -0.3 is 26.2 Å². The summed E-state index contributed by atoms with van der Waals surface area (Å²) in [5.74, 6) is -4.14. The highest BCUT2D eigenvalue weighted by atomic mass is 19.4. The Morgan fingerprint density at radius 1 is 1.05 bits per heavy atom. The predicted octanol–water partition coefficient (Wildman–Crippen LogP) is 1.89. The Morgan fingerprint density at radius 3 is 2.30 bits per heavy atom. The van der Waals surface area contributed by atoms with E-state index in [1.165, 1.54) is 24.3 Å². The molecule has 2 aromatic carbocycles. The number of alkyl halides is 3. The molecule has 2 amide bonds. The maximum atomic E-state index is 14.0. The molecular formula is C23H22F5N5O4. The van der Waals surface area contributed by atoms with Crippen molar-refractivity contribution in [1.29, 1.82) is 0 Å². The number of nitrogens with zero attached hydrogens (tertiary/aromatic N) is 3. The first kappa shape index (κ1) is 27.5. The van der Waals surface area contributed by atoms with Crippen LogP contribution in [0.25, 0.3) is 5.69 Å². The first-order chi connectivity index (χ1) is 17.4. The molecule has 1 aromatic heterocycles. The number of aliphatic hydroxyl groups is 2. The van der Waals surface area contributed by atoms with Gasteiger partial charge >= 0.3 is 6.18 Å². The second kappa shape index (κ2) is 10.9. The maximum absolute atomic E-state index is 14.0. The number of aliphatic hydroxyl groups excluding tert-OH is 1. The largest absolute Gasteiger partial charge is 0.420 e. The molecular weight excluding hydrogens is 505 g/mol. The Morgan fingerprint density at radius 2 is 1.70 bits per heavy atom. The molecule has 0 spiro atoms. The van der Waals surface area contributed by atoms with E-state index in [4.69, 9.17) is 5.73 Å². The van der Waals surface area contributed by atoms with Crippen LogP contribution in [0.1, 0.15) is 20.7 Å². The van der Waals surface area contributed by atoms with Crippen molar-refractivity contribution in [3.63, 3.8) is 0 Å². The molecule has 0 fully saturated rings. The quantitative estimate of drug-likeness (QED) is 0.314. The van der Waals surface area contributed by atoms with E-state index in [9.17, 15) is 41.8 Å². The number of aromatic nitrogens is 2. The summed E-state index contributed by atoms with van der Waals surface area (Å²) in [4.78, 5) is 25.7. The summed E-state index contributed by atoms with van der Waals surface area (Å²) >= 11 is 0. The molecule has 37 heavy (non-hydrogen) atoms. The van der Waals surface area contributed by atoms with Crippen LogP contribution < -0.4 is 11.1 Å². The molecule has 0 aliphatic rings. The number of amides is 2. The van der Waals surface area contributed by atoms with Crippen LogP contribution in [0.4, 0.5) is 27.8 Å². The molecule has 198 valence electrons. The van der Waals surface area contributed by atoms with E-state index in [0.29, 0.717) is 4.90 Å². The maximum Gasteiger partial charge on any atom is 0.420 e. The van der Waals surface area contributed by atoms with Crippen molar-refractivity contribution < 1.29 is 41.8 Å². The summed E-state index contributed by atoms with van der Waals surface area (Å²) < 4.78 is 69.9. The van der Waals surface area contributed by atoms with E-state index < -0.39 is 67.0 Å². The minimum atomic E-state index is -5.35. The number of benzene rings is 2. The van der Waals surface area contributed by atoms with Gasteiger partial charge in [0.05, 0.1) is 37.1 Å². The van der Waals surface area contributed by atoms with Crippen LogP contribution in [0.15, 0.2) is 54.7 Å². The van der Waals surface area contributed by atoms with Crippen LogP contribution in [0.2, 0.25) is 0 Å². The van der Waals surface area contributed by atoms with Crippen molar-refractivity contribution in [3.8, 4) is 5.69 Å². The number of nitrogen functional groups attached to an aromatic ring is 1. The predicted molar refractivity (Wildman–Crippen MR) is 121 cm³/mol. The van der Waals surface area contributed by atoms with Gasteiger partial charge in [0.15, 0.2) is 5.60 Å². The summed E-state index contributed by atoms with van der Waals surface area (Å²) in [6, 6.07) is 9.38. The van der Waals surface area contributed by atoms with E-state index in [2.05, 4.69) is 5.10 Å². The summed E-state index contributed by atoms with van der Waals surface area (Å²) in [5, 5.41) is 25.5. The Bertz CT molecular complexity index is 1270. The molecule has 9 nitrogen and oxygen atoms in total. The summed E-state index contributed by atoms with van der Waals surface area (Å²) in [6.45, 7) is -4.27. The number of nitrogens with two attached hydrogens (primary N) is 1. The zero-order valence-corrected chi connectivity index (χ0v) is 19.0. The van der Waals surface area contributed by atoms with Gasteiger partial charge in [0.25, 0.3) is 11.8 Å². The summed E-state index contributed by atoms with van der Waals surface area (Å²) in [7, 11) is 0. The fourth-order valence-electron chi connectivity index (χ4n) is 3.38. The number of nitrogens with one attached hydrogen (secondary N) is 1. The Kier molecular flexibility index (Phi) is 8.13. The fraction of sp³-hybridized carbons (Fsp3) is 0.261. The zero-order chi connectivity index (χ0) is 27.4. The van der Waals surface area contributed by atoms with E-state index in [1.54, 1.807) is 0 Å². The zero-order valence-electron chi connectivity index (χ0n) is 19.0. The molecule has 0 aliphatic heterocycles. The van der Waals surface area contributed by atoms with Gasteiger partial charge in [-0.3, -0.25) is 9.59 Å². The molecule has 14 heteroatoms. The third kappa shape index (κ3) is 6.03. The molecule has 1 heterocycles. The number of hydrogen-bond acceptors (Lipinski definition) is 6. The smallest absolute Gasteiger partial charge is 0.395 e. The number of anilines is 1. The Hall–Kier alpha value is -4.04. The van der Waals surface area contributed by atoms with Gasteiger partial charge in [-0.05, 0) is 36.4 Å². The minimum Gasteiger partial charge on any atom is -0.395 e. The molecule has 3 aromatic rings. The van der Waals surface area contributed by atoms with Crippen LogP contribution >= 0.6 is 0 Å². The lowest BCUT2D eigenvalue weighted by molar-refractivity contribution is -0.260. The Labute approximate surface area is 206 Å². The normalized spacial score (nSPS) is 13.2. The number of rotatable bonds is 9. The van der Waals surface area contributed by atoms with Gasteiger partial charge in [0.2, 0.25) is 0 Å². The first-order valence-electron chi connectivity index (χ1n) is 10.7. The molecule has 0 bridgehead atoms. The van der Waals surface area contributed by atoms with Crippen LogP contribution in [-0.2, 0) is 0 Å². The van der Waals surface area contributed by atoms with Crippen LogP contribution in [0, 0.1) is 11.6 Å². The number of hydrogen-bond donors (Lipinski definition) is 4. The molecule has 0 aliphatic carbocycles. The second-order valence-electron chi connectivity index (χ2n) is 7.97. The number of carbonyl (C=O) groups is 2. The van der Waals surface area contributed by atoms with Gasteiger partial charge in [0.1, 0.15) is 23.0 Å². The number of carbonyl (C=O) groups excluding carboxylic acids is 2. The number of halogens is 5. The van der Waals surface area contributed by atoms with Crippen molar-refractivity contribution in [2.45, 2.75) is 11.8 Å². The molecule has 1 unspecified atom stereocenters. The van der Waals surface area contributed by atoms with Crippen molar-refractivity contribution in [2.24, 2.45) is 0 Å². The average Bonchev–Trinajstić information content (AvgIpc) is 3.23. The standard InChI is InChI=1S/C23H22F5N5O4/c24-14-5-7-15(8-6-14)33-19(29)17(11-31-33)20(35)30-12-22(37,23(26,27)28)13-32(9-10-34)21(36)16-3-1-2-4-18(16)25/h1-8,11,34,37H,9-10,12-13,29H2,(H,30,35). The third-order valence-electron chi connectivity index (χ3n) is 5.41. The Balaban J connectivity index is 1.81. The molecule has 0 radical (unpaired) electrons. The van der Waals surface area contributed by atoms with E-state index in [0.717, 1.165) is 35.1 Å². The van der Waals surface area contributed by atoms with Gasteiger partial charge in [-0.25, -0.2) is 13.5 Å². The molecule has 0 saturated heterocycles. The average molecular weight is 527 g/mol. The molecule has 1 atom stereocenters. The van der Waals surface area contributed by atoms with Gasteiger partial charge in [0, 0.05) is 6.54 Å². The lowest BCUT2D eigenvalue weighted by atomic mass is 10.0. The first-order valence-corrected chi connectivity index (χ1v) is 10.7. The second-order valence-corrected chi connectivity index (χ2v) is 7.97. The van der Waals surface area contributed by atoms with Crippen LogP contribution in [-0.4, -0.2) is 74.7 Å². The van der Waals surface area contributed by atoms with Crippen LogP contribution in [0.5, 0.6) is 0 Å². The topological polar surface area (TPSA) is 134 Å². The molecule has 0 saturated carbocycles. The lowest BCUT2D eigenvalue weighted by Crippen LogP contribution is -2.60. The molecule has 5 N–H and O–H groups in total. The monoisotopic (exact) mass is 527 g/mol. The summed E-state index contributed by atoms with van der Waals surface area (Å²) in [6.07, 6.45) is -4.38. The lowest BCUT2D eigenvalue weighted by Gasteiger charge is -2.35. The molecule has 3 rings (SSSR count). The van der Waals surface area contributed by atoms with E-state index in [1.807, 2.05) is 5.32 Å². The van der Waals surface area contributed by atoms with Crippen molar-refractivity contribution in [1.82, 2.24) is 20.0 Å². The van der Waals surface area contributed by atoms with Crippen molar-refractivity contribution in [3.05, 3.63) is 77.5 Å². The minimum absolute atomic E-state index is 0.267. The van der Waals surface area contributed by atoms with E-state index >= 15 is 0 Å². The van der Waals surface area contributed by atoms with Crippen LogP contribution in [0.3, 0.4) is 0 Å². The van der Waals surface area contributed by atoms with Gasteiger partial charge in [-0.2, -0.15) is 18.3 Å². The van der Waals surface area contributed by atoms with Gasteiger partial charge in [-0.1, -0.05) is 12.1 Å². The van der Waals surface area contributed by atoms with Crippen molar-refractivity contribution in [2.75, 3.05) is 32.0 Å². The highest BCUT2D eigenvalue weighted by Gasteiger charge is 2.55. The highest BCUT2D eigenvalue weighted by Crippen LogP contribution is 2.31. The van der Waals surface area contributed by atoms with Gasteiger partial charge in [-0.15, -0.1) is 0 Å². The highest BCUT2D eigenvalue weighted by molar-refractivity contribution is 5.98. The third-order valence-corrected chi connectivity index (χ3v) is 5.41. The summed E-state index contributed by atoms with van der Waals surface area (Å²) in [5.41, 5.74) is 1.58. The van der Waals surface area contributed by atoms with E-state index in [-0.39, 0.29) is 17.1 Å². The fourth-order valence-corrected chi connectivity index (χ4v) is 3.38. The van der Waals surface area contributed by atoms with Crippen molar-refractivity contribution >= 4 is 17.6 Å². The SMILES string of the molecule is Nc1c(C(=O)NCC(O)(CN(CCO)C(=O)c2ccccc2F)C(F)(F)F)cnn1-c1ccc(F)cc1.